The molecule has 0 saturated carbocycles. The smallest absolute Gasteiger partial charge is 0.140 e. The van der Waals surface area contributed by atoms with Crippen molar-refractivity contribution in [2.75, 3.05) is 51.8 Å². The van der Waals surface area contributed by atoms with Gasteiger partial charge in [-0.25, -0.2) is 9.97 Å². The third-order valence-corrected chi connectivity index (χ3v) is 6.03. The van der Waals surface area contributed by atoms with E-state index in [1.54, 1.807) is 0 Å². The lowest BCUT2D eigenvalue weighted by molar-refractivity contribution is 0.179. The van der Waals surface area contributed by atoms with Crippen LogP contribution in [0.5, 0.6) is 0 Å². The van der Waals surface area contributed by atoms with Crippen LogP contribution in [-0.4, -0.2) is 67.6 Å². The van der Waals surface area contributed by atoms with Crippen molar-refractivity contribution in [2.45, 2.75) is 52.4 Å². The monoisotopic (exact) mass is 411 g/mol. The molecular weight excluding hydrogens is 374 g/mol. The minimum absolute atomic E-state index is 0.121. The van der Waals surface area contributed by atoms with E-state index in [-0.39, 0.29) is 5.41 Å². The molecule has 1 aromatic heterocycles. The van der Waals surface area contributed by atoms with Crippen molar-refractivity contribution in [1.29, 1.82) is 0 Å². The summed E-state index contributed by atoms with van der Waals surface area (Å²) in [5.41, 5.74) is 1.98. The van der Waals surface area contributed by atoms with Crippen LogP contribution in [0.4, 0.5) is 5.82 Å². The minimum atomic E-state index is -0.121. The van der Waals surface area contributed by atoms with Crippen LogP contribution in [0.25, 0.3) is 10.9 Å². The van der Waals surface area contributed by atoms with Gasteiger partial charge < -0.3 is 14.5 Å². The summed E-state index contributed by atoms with van der Waals surface area (Å²) in [5, 5.41) is 1.10. The molecular formula is C24H37N5O. The maximum atomic E-state index is 5.71. The molecule has 2 aromatic rings. The Morgan fingerprint density at radius 2 is 1.90 bits per heavy atom. The number of rotatable bonds is 8. The number of benzene rings is 1. The Kier molecular flexibility index (Phi) is 7.29. The molecule has 3 rings (SSSR count). The standard InChI is InChI=1S/C24H37N5O/c1-7-13-29(14-8-2)22-19-16-18(21(25-5)28(6)9-3)10-11-20(19)26-23(27-22)24(4)12-15-30-17-24/h10-11,16H,7-9,12-15,17H2,1-6H3. The van der Waals surface area contributed by atoms with Gasteiger partial charge in [-0.05, 0) is 44.4 Å². The predicted octanol–water partition coefficient (Wildman–Crippen LogP) is 4.26. The van der Waals surface area contributed by atoms with Crippen molar-refractivity contribution in [3.8, 4) is 0 Å². The number of ether oxygens (including phenoxy) is 1. The summed E-state index contributed by atoms with van der Waals surface area (Å²) in [5.74, 6) is 2.94. The topological polar surface area (TPSA) is 53.9 Å². The second-order valence-corrected chi connectivity index (χ2v) is 8.51. The van der Waals surface area contributed by atoms with Gasteiger partial charge in [0, 0.05) is 51.3 Å². The van der Waals surface area contributed by atoms with Crippen LogP contribution in [0.1, 0.15) is 58.3 Å². The van der Waals surface area contributed by atoms with Gasteiger partial charge >= 0.3 is 0 Å². The third-order valence-electron chi connectivity index (χ3n) is 6.03. The fraction of sp³-hybridized carbons (Fsp3) is 0.625. The van der Waals surface area contributed by atoms with Gasteiger partial charge in [0.05, 0.1) is 17.5 Å². The van der Waals surface area contributed by atoms with Crippen molar-refractivity contribution >= 4 is 22.6 Å². The molecule has 30 heavy (non-hydrogen) atoms. The van der Waals surface area contributed by atoms with Crippen LogP contribution in [0.15, 0.2) is 23.2 Å². The number of nitrogens with zero attached hydrogens (tertiary/aromatic N) is 5. The Morgan fingerprint density at radius 1 is 1.17 bits per heavy atom. The predicted molar refractivity (Wildman–Crippen MR) is 126 cm³/mol. The van der Waals surface area contributed by atoms with Crippen molar-refractivity contribution in [1.82, 2.24) is 14.9 Å². The van der Waals surface area contributed by atoms with E-state index in [9.17, 15) is 0 Å². The van der Waals surface area contributed by atoms with E-state index in [1.807, 2.05) is 7.05 Å². The minimum Gasteiger partial charge on any atom is -0.380 e. The number of hydrogen-bond acceptors (Lipinski definition) is 5. The summed E-state index contributed by atoms with van der Waals surface area (Å²) in [6.07, 6.45) is 3.13. The first kappa shape index (κ1) is 22.5. The first-order valence-corrected chi connectivity index (χ1v) is 11.3. The lowest BCUT2D eigenvalue weighted by Gasteiger charge is -2.28. The molecule has 2 heterocycles. The van der Waals surface area contributed by atoms with Crippen LogP contribution >= 0.6 is 0 Å². The zero-order valence-electron chi connectivity index (χ0n) is 19.5. The normalized spacial score (nSPS) is 19.5. The zero-order chi connectivity index (χ0) is 21.7. The average Bonchev–Trinajstić information content (AvgIpc) is 3.21. The highest BCUT2D eigenvalue weighted by molar-refractivity contribution is 6.03. The highest BCUT2D eigenvalue weighted by atomic mass is 16.5. The number of fused-ring (bicyclic) bond motifs is 1. The molecule has 1 aromatic carbocycles. The first-order valence-electron chi connectivity index (χ1n) is 11.3. The fourth-order valence-electron chi connectivity index (χ4n) is 4.14. The van der Waals surface area contributed by atoms with Crippen molar-refractivity contribution in [2.24, 2.45) is 4.99 Å². The Bertz CT molecular complexity index is 883. The molecule has 0 aliphatic carbocycles. The molecule has 0 radical (unpaired) electrons. The van der Waals surface area contributed by atoms with Gasteiger partial charge in [-0.2, -0.15) is 0 Å². The van der Waals surface area contributed by atoms with Gasteiger partial charge in [-0.15, -0.1) is 0 Å². The van der Waals surface area contributed by atoms with Gasteiger partial charge in [0.25, 0.3) is 0 Å². The average molecular weight is 412 g/mol. The molecule has 1 atom stereocenters. The molecule has 1 unspecified atom stereocenters. The number of anilines is 1. The molecule has 0 spiro atoms. The molecule has 6 heteroatoms. The molecule has 0 N–H and O–H groups in total. The Morgan fingerprint density at radius 3 is 2.47 bits per heavy atom. The van der Waals surface area contributed by atoms with E-state index in [4.69, 9.17) is 14.7 Å². The molecule has 1 fully saturated rings. The summed E-state index contributed by atoms with van der Waals surface area (Å²) in [6.45, 7) is 13.2. The SMILES string of the molecule is CCCN(CCC)c1nc(C2(C)CCOC2)nc2ccc(C(=NC)N(C)CC)cc12. The summed E-state index contributed by atoms with van der Waals surface area (Å²) >= 11 is 0. The summed E-state index contributed by atoms with van der Waals surface area (Å²) in [4.78, 5) is 19.3. The molecule has 1 aliphatic rings. The highest BCUT2D eigenvalue weighted by Gasteiger charge is 2.35. The van der Waals surface area contributed by atoms with E-state index in [1.165, 1.54) is 0 Å². The van der Waals surface area contributed by atoms with E-state index in [0.717, 1.165) is 79.4 Å². The molecule has 1 aliphatic heterocycles. The summed E-state index contributed by atoms with van der Waals surface area (Å²) < 4.78 is 5.71. The quantitative estimate of drug-likeness (QED) is 0.480. The second kappa shape index (κ2) is 9.73. The Hall–Kier alpha value is -2.21. The maximum absolute atomic E-state index is 5.71. The Labute approximate surface area is 181 Å². The molecule has 1 saturated heterocycles. The lowest BCUT2D eigenvalue weighted by atomic mass is 9.89. The maximum Gasteiger partial charge on any atom is 0.140 e. The first-order chi connectivity index (χ1) is 14.5. The van der Waals surface area contributed by atoms with Gasteiger partial charge in [0.2, 0.25) is 0 Å². The van der Waals surface area contributed by atoms with Crippen LogP contribution in [0.3, 0.4) is 0 Å². The fourth-order valence-corrected chi connectivity index (χ4v) is 4.14. The largest absolute Gasteiger partial charge is 0.380 e. The molecule has 164 valence electrons. The summed E-state index contributed by atoms with van der Waals surface area (Å²) in [7, 11) is 3.93. The zero-order valence-corrected chi connectivity index (χ0v) is 19.5. The van der Waals surface area contributed by atoms with Crippen molar-refractivity contribution in [3.05, 3.63) is 29.6 Å². The third kappa shape index (κ3) is 4.43. The van der Waals surface area contributed by atoms with Crippen molar-refractivity contribution < 1.29 is 4.74 Å². The van der Waals surface area contributed by atoms with Gasteiger partial charge in [-0.1, -0.05) is 20.8 Å². The number of hydrogen-bond donors (Lipinski definition) is 0. The van der Waals surface area contributed by atoms with Gasteiger partial charge in [0.1, 0.15) is 17.5 Å². The van der Waals surface area contributed by atoms with E-state index in [2.05, 4.69) is 67.7 Å². The van der Waals surface area contributed by atoms with E-state index in [0.29, 0.717) is 6.61 Å². The van der Waals surface area contributed by atoms with Gasteiger partial charge in [0.15, 0.2) is 0 Å². The Balaban J connectivity index is 2.20. The lowest BCUT2D eigenvalue weighted by Crippen LogP contribution is -2.30. The summed E-state index contributed by atoms with van der Waals surface area (Å²) in [6, 6.07) is 6.48. The second-order valence-electron chi connectivity index (χ2n) is 8.51. The van der Waals surface area contributed by atoms with E-state index < -0.39 is 0 Å². The van der Waals surface area contributed by atoms with Crippen LogP contribution in [0.2, 0.25) is 0 Å². The van der Waals surface area contributed by atoms with Gasteiger partial charge in [-0.3, -0.25) is 4.99 Å². The molecule has 0 amide bonds. The number of amidine groups is 1. The van der Waals surface area contributed by atoms with Crippen molar-refractivity contribution in [3.63, 3.8) is 0 Å². The molecule has 0 bridgehead atoms. The highest BCUT2D eigenvalue weighted by Crippen LogP contribution is 2.34. The van der Waals surface area contributed by atoms with Crippen LogP contribution < -0.4 is 4.90 Å². The molecule has 6 nitrogen and oxygen atoms in total. The van der Waals surface area contributed by atoms with Crippen LogP contribution in [-0.2, 0) is 10.2 Å². The number of aliphatic imine (C=N–C) groups is 1. The number of aromatic nitrogens is 2. The van der Waals surface area contributed by atoms with Crippen LogP contribution in [0, 0.1) is 0 Å². The van der Waals surface area contributed by atoms with E-state index >= 15 is 0 Å².